The van der Waals surface area contributed by atoms with Crippen LogP contribution >= 0.6 is 11.6 Å². The van der Waals surface area contributed by atoms with Crippen LogP contribution < -0.4 is 4.90 Å². The molecule has 0 saturated carbocycles. The van der Waals surface area contributed by atoms with Gasteiger partial charge in [-0.1, -0.05) is 77.8 Å². The van der Waals surface area contributed by atoms with Gasteiger partial charge in [0, 0.05) is 36.9 Å². The van der Waals surface area contributed by atoms with E-state index in [1.54, 1.807) is 11.9 Å². The Morgan fingerprint density at radius 2 is 1.65 bits per heavy atom. The third-order valence-electron chi connectivity index (χ3n) is 7.20. The average Bonchev–Trinajstić information content (AvgIpc) is 2.84. The maximum atomic E-state index is 13.9. The number of piperidine rings is 1. The zero-order chi connectivity index (χ0) is 24.3. The molecule has 4 nitrogen and oxygen atoms in total. The number of likely N-dealkylation sites (tertiary alicyclic amines) is 1. The Kier molecular flexibility index (Phi) is 7.42. The van der Waals surface area contributed by atoms with Gasteiger partial charge in [0.15, 0.2) is 0 Å². The van der Waals surface area contributed by atoms with Gasteiger partial charge in [-0.15, -0.1) is 0 Å². The molecule has 1 heterocycles. The Morgan fingerprint density at radius 1 is 1.00 bits per heavy atom. The number of para-hydroxylation sites is 1. The highest BCUT2D eigenvalue weighted by atomic mass is 35.5. The van der Waals surface area contributed by atoms with Crippen molar-refractivity contribution in [3.8, 4) is 0 Å². The molecule has 178 valence electrons. The molecule has 3 aromatic carbocycles. The molecule has 2 atom stereocenters. The minimum atomic E-state index is -1.13. The lowest BCUT2D eigenvalue weighted by Gasteiger charge is -2.45. The van der Waals surface area contributed by atoms with Crippen molar-refractivity contribution in [2.24, 2.45) is 0 Å². The molecule has 1 N–H and O–H groups in total. The highest BCUT2D eigenvalue weighted by molar-refractivity contribution is 6.31. The smallest absolute Gasteiger partial charge is 0.237 e. The Balaban J connectivity index is 1.60. The van der Waals surface area contributed by atoms with Crippen LogP contribution in [0.3, 0.4) is 0 Å². The number of hydrogen-bond donors (Lipinski definition) is 1. The number of rotatable bonds is 6. The maximum Gasteiger partial charge on any atom is 0.237 e. The molecule has 3 aromatic rings. The normalized spacial score (nSPS) is 17.7. The number of hydrogen-bond acceptors (Lipinski definition) is 3. The van der Waals surface area contributed by atoms with Crippen molar-refractivity contribution in [2.75, 3.05) is 25.0 Å². The molecule has 4 rings (SSSR count). The summed E-state index contributed by atoms with van der Waals surface area (Å²) in [4.78, 5) is 17.9. The molecule has 0 spiro atoms. The zero-order valence-electron chi connectivity index (χ0n) is 20.1. The predicted octanol–water partition coefficient (Wildman–Crippen LogP) is 5.98. The molecule has 5 heteroatoms. The first-order valence-corrected chi connectivity index (χ1v) is 12.3. The molecule has 1 fully saturated rings. The number of aryl methyl sites for hydroxylation is 1. The highest BCUT2D eigenvalue weighted by Gasteiger charge is 2.46. The first-order valence-electron chi connectivity index (χ1n) is 11.9. The van der Waals surface area contributed by atoms with Crippen molar-refractivity contribution in [1.29, 1.82) is 0 Å². The lowest BCUT2D eigenvalue weighted by Crippen LogP contribution is -2.52. The maximum absolute atomic E-state index is 13.9. The number of likely N-dealkylation sites (N-methyl/N-ethyl adjacent to an activating group) is 1. The van der Waals surface area contributed by atoms with E-state index < -0.39 is 11.5 Å². The summed E-state index contributed by atoms with van der Waals surface area (Å²) < 4.78 is 0. The van der Waals surface area contributed by atoms with Crippen LogP contribution in [0.25, 0.3) is 0 Å². The Bertz CT molecular complexity index is 1130. The summed E-state index contributed by atoms with van der Waals surface area (Å²) in [6, 6.07) is 25.6. The monoisotopic (exact) mass is 476 g/mol. The second-order valence-corrected chi connectivity index (χ2v) is 9.82. The van der Waals surface area contributed by atoms with Crippen molar-refractivity contribution < 1.29 is 9.90 Å². The number of amides is 1. The zero-order valence-corrected chi connectivity index (χ0v) is 20.9. The molecule has 1 amide bonds. The minimum absolute atomic E-state index is 0.0908. The Morgan fingerprint density at radius 3 is 2.29 bits per heavy atom. The second-order valence-electron chi connectivity index (χ2n) is 9.42. The number of nitrogens with zero attached hydrogens (tertiary/aromatic N) is 2. The van der Waals surface area contributed by atoms with E-state index in [-0.39, 0.29) is 11.9 Å². The van der Waals surface area contributed by atoms with E-state index >= 15 is 0 Å². The highest BCUT2D eigenvalue weighted by Crippen LogP contribution is 2.41. The number of benzene rings is 3. The average molecular weight is 477 g/mol. The molecule has 1 aliphatic heterocycles. The minimum Gasteiger partial charge on any atom is -0.389 e. The summed E-state index contributed by atoms with van der Waals surface area (Å²) in [7, 11) is 1.79. The summed E-state index contributed by atoms with van der Waals surface area (Å²) >= 11 is 6.45. The molecule has 34 heavy (non-hydrogen) atoms. The first-order chi connectivity index (χ1) is 16.3. The van der Waals surface area contributed by atoms with Crippen LogP contribution in [-0.4, -0.2) is 41.7 Å². The van der Waals surface area contributed by atoms with E-state index in [1.165, 1.54) is 0 Å². The predicted molar refractivity (Wildman–Crippen MR) is 139 cm³/mol. The number of carbonyl (C=O) groups is 1. The van der Waals surface area contributed by atoms with Crippen molar-refractivity contribution in [3.63, 3.8) is 0 Å². The largest absolute Gasteiger partial charge is 0.389 e. The summed E-state index contributed by atoms with van der Waals surface area (Å²) in [6.45, 7) is 5.54. The van der Waals surface area contributed by atoms with Crippen molar-refractivity contribution in [3.05, 3.63) is 101 Å². The third kappa shape index (κ3) is 5.05. The van der Waals surface area contributed by atoms with Crippen LogP contribution in [0.5, 0.6) is 0 Å². The van der Waals surface area contributed by atoms with Gasteiger partial charge in [0.05, 0.1) is 11.5 Å². The summed E-state index contributed by atoms with van der Waals surface area (Å²) in [5.74, 6) is -0.734. The van der Waals surface area contributed by atoms with Gasteiger partial charge < -0.3 is 10.0 Å². The number of anilines is 1. The van der Waals surface area contributed by atoms with Crippen molar-refractivity contribution in [2.45, 2.75) is 44.2 Å². The molecule has 2 unspecified atom stereocenters. The van der Waals surface area contributed by atoms with Gasteiger partial charge >= 0.3 is 0 Å². The van der Waals surface area contributed by atoms with Gasteiger partial charge in [0.1, 0.15) is 0 Å². The summed E-state index contributed by atoms with van der Waals surface area (Å²) in [5, 5.41) is 12.7. The second kappa shape index (κ2) is 10.3. The third-order valence-corrected chi connectivity index (χ3v) is 7.54. The quantitative estimate of drug-likeness (QED) is 0.475. The first kappa shape index (κ1) is 24.5. The van der Waals surface area contributed by atoms with Gasteiger partial charge in [0.25, 0.3) is 0 Å². The van der Waals surface area contributed by atoms with Crippen LogP contribution in [0.4, 0.5) is 5.69 Å². The molecule has 1 aliphatic rings. The van der Waals surface area contributed by atoms with Crippen LogP contribution in [0.1, 0.15) is 48.4 Å². The topological polar surface area (TPSA) is 43.8 Å². The standard InChI is InChI=1S/C29H33ClN2O2/c1-21-10-9-11-23(20-21)27(28(33)31(3)24-12-5-4-6-13-24)29(34)16-18-32(19-17-29)22(2)25-14-7-8-15-26(25)30/h4-15,20,22,27,34H,16-19H2,1-3H3. The van der Waals surface area contributed by atoms with E-state index in [2.05, 4.69) is 17.9 Å². The lowest BCUT2D eigenvalue weighted by molar-refractivity contribution is -0.129. The molecular formula is C29H33ClN2O2. The molecule has 0 aromatic heterocycles. The number of carbonyl (C=O) groups excluding carboxylic acids is 1. The molecular weight excluding hydrogens is 444 g/mol. The van der Waals surface area contributed by atoms with Gasteiger partial charge in [0.2, 0.25) is 5.91 Å². The van der Waals surface area contributed by atoms with Gasteiger partial charge in [-0.25, -0.2) is 0 Å². The van der Waals surface area contributed by atoms with Crippen LogP contribution in [0, 0.1) is 6.92 Å². The fraction of sp³-hybridized carbons (Fsp3) is 0.345. The van der Waals surface area contributed by atoms with Gasteiger partial charge in [-0.2, -0.15) is 0 Å². The molecule has 0 radical (unpaired) electrons. The SMILES string of the molecule is Cc1cccc(C(C(=O)N(C)c2ccccc2)C2(O)CCN(C(C)c3ccccc3Cl)CC2)c1. The number of aliphatic hydroxyl groups is 1. The van der Waals surface area contributed by atoms with E-state index in [1.807, 2.05) is 79.7 Å². The van der Waals surface area contributed by atoms with E-state index in [0.29, 0.717) is 25.9 Å². The Hall–Kier alpha value is -2.66. The van der Waals surface area contributed by atoms with E-state index in [4.69, 9.17) is 11.6 Å². The van der Waals surface area contributed by atoms with E-state index in [9.17, 15) is 9.90 Å². The summed E-state index contributed by atoms with van der Waals surface area (Å²) in [6.07, 6.45) is 1.02. The van der Waals surface area contributed by atoms with Gasteiger partial charge in [-0.05, 0) is 56.0 Å². The molecule has 1 saturated heterocycles. The Labute approximate surface area is 207 Å². The van der Waals surface area contributed by atoms with Crippen LogP contribution in [0.2, 0.25) is 5.02 Å². The fourth-order valence-electron chi connectivity index (χ4n) is 5.10. The van der Waals surface area contributed by atoms with Crippen LogP contribution in [-0.2, 0) is 4.79 Å². The van der Waals surface area contributed by atoms with Gasteiger partial charge in [-0.3, -0.25) is 9.69 Å². The molecule has 0 aliphatic carbocycles. The lowest BCUT2D eigenvalue weighted by atomic mass is 9.74. The van der Waals surface area contributed by atoms with Crippen molar-refractivity contribution in [1.82, 2.24) is 4.90 Å². The summed E-state index contributed by atoms with van der Waals surface area (Å²) in [5.41, 5.74) is 2.71. The molecule has 0 bridgehead atoms. The fourth-order valence-corrected chi connectivity index (χ4v) is 5.40. The van der Waals surface area contributed by atoms with Crippen LogP contribution in [0.15, 0.2) is 78.9 Å². The van der Waals surface area contributed by atoms with E-state index in [0.717, 1.165) is 27.4 Å². The number of halogens is 1. The van der Waals surface area contributed by atoms with Crippen molar-refractivity contribution >= 4 is 23.2 Å².